The molecular formula is C25H18N6O3. The topological polar surface area (TPSA) is 136 Å². The summed E-state index contributed by atoms with van der Waals surface area (Å²) >= 11 is 0. The predicted octanol–water partition coefficient (Wildman–Crippen LogP) is 4.00. The maximum Gasteiger partial charge on any atom is 0.337 e. The second-order valence-corrected chi connectivity index (χ2v) is 7.64. The molecule has 0 amide bonds. The van der Waals surface area contributed by atoms with Crippen LogP contribution in [0.5, 0.6) is 0 Å². The van der Waals surface area contributed by atoms with Crippen LogP contribution in [0, 0.1) is 0 Å². The van der Waals surface area contributed by atoms with Crippen molar-refractivity contribution in [3.05, 3.63) is 84.4 Å². The Morgan fingerprint density at radius 2 is 1.74 bits per heavy atom. The SMILES string of the molecule is CC(=O)c1c(-c2cncc(C(=O)O)c2)nc2c(-c3ccc(-c4ccccc4)nc3)cnn2c1N. The first-order chi connectivity index (χ1) is 16.4. The molecule has 5 rings (SSSR count). The minimum atomic E-state index is -1.14. The lowest BCUT2D eigenvalue weighted by molar-refractivity contribution is 0.0696. The van der Waals surface area contributed by atoms with E-state index in [1.165, 1.54) is 29.9 Å². The third-order valence-corrected chi connectivity index (χ3v) is 5.44. The van der Waals surface area contributed by atoms with Gasteiger partial charge in [0.2, 0.25) is 0 Å². The van der Waals surface area contributed by atoms with Gasteiger partial charge in [-0.15, -0.1) is 0 Å². The van der Waals surface area contributed by atoms with Crippen LogP contribution in [0.2, 0.25) is 0 Å². The van der Waals surface area contributed by atoms with Gasteiger partial charge in [-0.05, 0) is 19.1 Å². The average Bonchev–Trinajstić information content (AvgIpc) is 3.29. The molecule has 4 aromatic heterocycles. The van der Waals surface area contributed by atoms with Crippen LogP contribution in [0.4, 0.5) is 5.82 Å². The molecule has 0 aliphatic rings. The number of nitrogen functional groups attached to an aromatic ring is 1. The van der Waals surface area contributed by atoms with Crippen LogP contribution in [-0.2, 0) is 0 Å². The van der Waals surface area contributed by atoms with Gasteiger partial charge in [0, 0.05) is 40.8 Å². The van der Waals surface area contributed by atoms with Crippen LogP contribution < -0.4 is 5.73 Å². The van der Waals surface area contributed by atoms with Crippen molar-refractivity contribution in [2.24, 2.45) is 0 Å². The standard InChI is InChI=1S/C25H18N6O3/c1-14(32)21-22(17-9-18(25(33)34)11-27-10-17)30-24-19(13-29-31(24)23(21)26)16-7-8-20(28-12-16)15-5-3-2-4-6-15/h2-13H,26H2,1H3,(H,33,34). The second kappa shape index (κ2) is 8.21. The number of fused-ring (bicyclic) bond motifs is 1. The number of nitrogens with zero attached hydrogens (tertiary/aromatic N) is 5. The molecule has 0 bridgehead atoms. The summed E-state index contributed by atoms with van der Waals surface area (Å²) in [5.41, 5.74) is 10.7. The maximum absolute atomic E-state index is 12.5. The summed E-state index contributed by atoms with van der Waals surface area (Å²) in [5, 5.41) is 13.7. The molecule has 0 saturated carbocycles. The van der Waals surface area contributed by atoms with Gasteiger partial charge >= 0.3 is 5.97 Å². The van der Waals surface area contributed by atoms with Gasteiger partial charge < -0.3 is 10.8 Å². The largest absolute Gasteiger partial charge is 0.478 e. The highest BCUT2D eigenvalue weighted by Gasteiger charge is 2.22. The van der Waals surface area contributed by atoms with Gasteiger partial charge in [-0.1, -0.05) is 36.4 Å². The highest BCUT2D eigenvalue weighted by molar-refractivity contribution is 6.05. The fraction of sp³-hybridized carbons (Fsp3) is 0.0400. The van der Waals surface area contributed by atoms with Gasteiger partial charge in [-0.3, -0.25) is 14.8 Å². The molecule has 0 fully saturated rings. The molecule has 0 unspecified atom stereocenters. The van der Waals surface area contributed by atoms with Crippen molar-refractivity contribution in [1.82, 2.24) is 24.6 Å². The zero-order valence-electron chi connectivity index (χ0n) is 18.0. The van der Waals surface area contributed by atoms with E-state index in [9.17, 15) is 14.7 Å². The molecular weight excluding hydrogens is 432 g/mol. The lowest BCUT2D eigenvalue weighted by Crippen LogP contribution is -2.11. The molecule has 166 valence electrons. The molecule has 3 N–H and O–H groups in total. The van der Waals surface area contributed by atoms with Gasteiger partial charge in [0.25, 0.3) is 0 Å². The molecule has 9 nitrogen and oxygen atoms in total. The van der Waals surface area contributed by atoms with Crippen LogP contribution >= 0.6 is 0 Å². The average molecular weight is 450 g/mol. The Hall–Kier alpha value is -4.92. The molecule has 5 aromatic rings. The number of aromatic carboxylic acids is 1. The summed E-state index contributed by atoms with van der Waals surface area (Å²) in [6.07, 6.45) is 6.01. The van der Waals surface area contributed by atoms with Crippen molar-refractivity contribution >= 4 is 23.2 Å². The van der Waals surface area contributed by atoms with Crippen LogP contribution in [-0.4, -0.2) is 41.4 Å². The Balaban J connectivity index is 1.68. The third kappa shape index (κ3) is 3.55. The number of carbonyl (C=O) groups excluding carboxylic acids is 1. The number of pyridine rings is 2. The van der Waals surface area contributed by atoms with E-state index in [2.05, 4.69) is 20.1 Å². The number of benzene rings is 1. The molecule has 9 heteroatoms. The number of carbonyl (C=O) groups is 2. The van der Waals surface area contributed by atoms with Crippen molar-refractivity contribution in [2.75, 3.05) is 5.73 Å². The summed E-state index contributed by atoms with van der Waals surface area (Å²) in [6.45, 7) is 1.37. The lowest BCUT2D eigenvalue weighted by atomic mass is 10.0. The molecule has 0 saturated heterocycles. The number of Topliss-reactive ketones (excluding diaryl/α,β-unsaturated/α-hetero) is 1. The summed E-state index contributed by atoms with van der Waals surface area (Å²) < 4.78 is 1.40. The highest BCUT2D eigenvalue weighted by atomic mass is 16.4. The molecule has 0 spiro atoms. The van der Waals surface area contributed by atoms with Gasteiger partial charge in [-0.25, -0.2) is 9.78 Å². The summed E-state index contributed by atoms with van der Waals surface area (Å²) in [7, 11) is 0. The van der Waals surface area contributed by atoms with Gasteiger partial charge in [-0.2, -0.15) is 9.61 Å². The second-order valence-electron chi connectivity index (χ2n) is 7.64. The number of ketones is 1. The monoisotopic (exact) mass is 450 g/mol. The van der Waals surface area contributed by atoms with E-state index in [1.807, 2.05) is 42.5 Å². The smallest absolute Gasteiger partial charge is 0.337 e. The van der Waals surface area contributed by atoms with E-state index in [1.54, 1.807) is 12.4 Å². The summed E-state index contributed by atoms with van der Waals surface area (Å²) in [6, 6.07) is 15.0. The van der Waals surface area contributed by atoms with Gasteiger partial charge in [0.1, 0.15) is 5.82 Å². The van der Waals surface area contributed by atoms with Crippen LogP contribution in [0.3, 0.4) is 0 Å². The molecule has 0 aliphatic carbocycles. The highest BCUT2D eigenvalue weighted by Crippen LogP contribution is 2.32. The Morgan fingerprint density at radius 3 is 2.41 bits per heavy atom. The molecule has 4 heterocycles. The number of hydrogen-bond donors (Lipinski definition) is 2. The molecule has 0 atom stereocenters. The van der Waals surface area contributed by atoms with Crippen molar-refractivity contribution in [1.29, 1.82) is 0 Å². The normalized spacial score (nSPS) is 11.0. The quantitative estimate of drug-likeness (QED) is 0.383. The fourth-order valence-electron chi connectivity index (χ4n) is 3.79. The molecule has 0 aliphatic heterocycles. The number of carboxylic acid groups (broad SMARTS) is 1. The maximum atomic E-state index is 12.5. The van der Waals surface area contributed by atoms with E-state index in [0.29, 0.717) is 16.8 Å². The van der Waals surface area contributed by atoms with Crippen molar-refractivity contribution in [2.45, 2.75) is 6.92 Å². The zero-order valence-corrected chi connectivity index (χ0v) is 18.0. The Bertz CT molecular complexity index is 1560. The number of carboxylic acids is 1. The van der Waals surface area contributed by atoms with Crippen LogP contribution in [0.1, 0.15) is 27.6 Å². The minimum Gasteiger partial charge on any atom is -0.478 e. The first kappa shape index (κ1) is 21.0. The first-order valence-electron chi connectivity index (χ1n) is 10.3. The molecule has 0 radical (unpaired) electrons. The number of rotatable bonds is 5. The minimum absolute atomic E-state index is 0.0262. The van der Waals surface area contributed by atoms with E-state index < -0.39 is 5.97 Å². The van der Waals surface area contributed by atoms with E-state index in [0.717, 1.165) is 16.8 Å². The Labute approximate surface area is 193 Å². The number of hydrogen-bond acceptors (Lipinski definition) is 7. The Kier molecular flexibility index (Phi) is 5.06. The van der Waals surface area contributed by atoms with E-state index >= 15 is 0 Å². The Morgan fingerprint density at radius 1 is 0.941 bits per heavy atom. The van der Waals surface area contributed by atoms with E-state index in [4.69, 9.17) is 5.73 Å². The summed E-state index contributed by atoms with van der Waals surface area (Å²) in [5.74, 6) is -1.36. The number of nitrogens with two attached hydrogens (primary N) is 1. The first-order valence-corrected chi connectivity index (χ1v) is 10.3. The third-order valence-electron chi connectivity index (χ3n) is 5.44. The van der Waals surface area contributed by atoms with Gasteiger partial charge in [0.05, 0.1) is 28.7 Å². The van der Waals surface area contributed by atoms with Crippen molar-refractivity contribution in [3.63, 3.8) is 0 Å². The fourth-order valence-corrected chi connectivity index (χ4v) is 3.79. The van der Waals surface area contributed by atoms with Crippen LogP contribution in [0.25, 0.3) is 39.3 Å². The molecule has 1 aromatic carbocycles. The predicted molar refractivity (Wildman–Crippen MR) is 126 cm³/mol. The van der Waals surface area contributed by atoms with Crippen LogP contribution in [0.15, 0.2) is 73.3 Å². The summed E-state index contributed by atoms with van der Waals surface area (Å²) in [4.78, 5) is 37.1. The number of anilines is 1. The van der Waals surface area contributed by atoms with E-state index in [-0.39, 0.29) is 28.4 Å². The van der Waals surface area contributed by atoms with Crippen molar-refractivity contribution in [3.8, 4) is 33.6 Å². The van der Waals surface area contributed by atoms with Gasteiger partial charge in [0.15, 0.2) is 11.4 Å². The number of aromatic nitrogens is 5. The lowest BCUT2D eigenvalue weighted by Gasteiger charge is -2.12. The molecule has 34 heavy (non-hydrogen) atoms. The zero-order chi connectivity index (χ0) is 23.8. The van der Waals surface area contributed by atoms with Crippen molar-refractivity contribution < 1.29 is 14.7 Å².